The highest BCUT2D eigenvalue weighted by Crippen LogP contribution is 2.37. The molecule has 0 aliphatic heterocycles. The average molecular weight is 169 g/mol. The molecule has 3 nitrogen and oxygen atoms in total. The third kappa shape index (κ3) is 2.06. The monoisotopic (exact) mass is 169 g/mol. The minimum Gasteiger partial charge on any atom is -0.346 e. The van der Waals surface area contributed by atoms with E-state index in [1.165, 1.54) is 6.92 Å². The second-order valence-corrected chi connectivity index (χ2v) is 3.66. The standard InChI is InChI=1S/C9H15NO2/c1-5-4-8(5)9(12)10-6(2)7(3)11/h5-6,8H,4H2,1-3H3,(H,10,12). The van der Waals surface area contributed by atoms with Crippen molar-refractivity contribution in [2.75, 3.05) is 0 Å². The van der Waals surface area contributed by atoms with Crippen molar-refractivity contribution in [3.8, 4) is 0 Å². The Bertz CT molecular complexity index is 213. The summed E-state index contributed by atoms with van der Waals surface area (Å²) in [7, 11) is 0. The van der Waals surface area contributed by atoms with Crippen LogP contribution in [0.5, 0.6) is 0 Å². The zero-order valence-electron chi connectivity index (χ0n) is 7.76. The third-order valence-corrected chi connectivity index (χ3v) is 2.41. The highest BCUT2D eigenvalue weighted by Gasteiger charge is 2.39. The molecule has 1 amide bonds. The van der Waals surface area contributed by atoms with Crippen molar-refractivity contribution in [1.29, 1.82) is 0 Å². The zero-order valence-corrected chi connectivity index (χ0v) is 7.76. The second-order valence-electron chi connectivity index (χ2n) is 3.66. The molecule has 0 bridgehead atoms. The Hall–Kier alpha value is -0.860. The first kappa shape index (κ1) is 9.23. The Morgan fingerprint density at radius 1 is 1.50 bits per heavy atom. The van der Waals surface area contributed by atoms with Gasteiger partial charge < -0.3 is 5.32 Å². The molecule has 1 aliphatic carbocycles. The van der Waals surface area contributed by atoms with Crippen LogP contribution in [0.15, 0.2) is 0 Å². The van der Waals surface area contributed by atoms with Crippen molar-refractivity contribution in [1.82, 2.24) is 5.32 Å². The molecule has 12 heavy (non-hydrogen) atoms. The maximum absolute atomic E-state index is 11.3. The normalized spacial score (nSPS) is 29.2. The Labute approximate surface area is 72.5 Å². The van der Waals surface area contributed by atoms with Crippen LogP contribution in [-0.2, 0) is 9.59 Å². The molecule has 1 saturated carbocycles. The predicted octanol–water partition coefficient (Wildman–Crippen LogP) is 0.736. The molecular weight excluding hydrogens is 154 g/mol. The van der Waals surface area contributed by atoms with Crippen LogP contribution >= 0.6 is 0 Å². The number of hydrogen-bond acceptors (Lipinski definition) is 2. The van der Waals surface area contributed by atoms with Crippen LogP contribution in [0.25, 0.3) is 0 Å². The van der Waals surface area contributed by atoms with E-state index >= 15 is 0 Å². The molecule has 1 fully saturated rings. The molecule has 0 aromatic heterocycles. The third-order valence-electron chi connectivity index (χ3n) is 2.41. The molecule has 0 aromatic rings. The van der Waals surface area contributed by atoms with Gasteiger partial charge in [0.15, 0.2) is 5.78 Å². The van der Waals surface area contributed by atoms with Crippen molar-refractivity contribution in [2.24, 2.45) is 11.8 Å². The van der Waals surface area contributed by atoms with Gasteiger partial charge in [0.1, 0.15) is 0 Å². The molecule has 3 unspecified atom stereocenters. The first-order chi connectivity index (χ1) is 5.52. The molecule has 0 aromatic carbocycles. The molecule has 3 atom stereocenters. The summed E-state index contributed by atoms with van der Waals surface area (Å²) >= 11 is 0. The Morgan fingerprint density at radius 3 is 2.33 bits per heavy atom. The van der Waals surface area contributed by atoms with Crippen molar-refractivity contribution in [2.45, 2.75) is 33.2 Å². The fourth-order valence-corrected chi connectivity index (χ4v) is 1.11. The van der Waals surface area contributed by atoms with Gasteiger partial charge in [-0.15, -0.1) is 0 Å². The minimum atomic E-state index is -0.328. The first-order valence-electron chi connectivity index (χ1n) is 4.33. The van der Waals surface area contributed by atoms with Gasteiger partial charge in [-0.1, -0.05) is 6.92 Å². The van der Waals surface area contributed by atoms with E-state index < -0.39 is 0 Å². The largest absolute Gasteiger partial charge is 0.346 e. The summed E-state index contributed by atoms with van der Waals surface area (Å²) in [5.74, 6) is 0.706. The van der Waals surface area contributed by atoms with Crippen LogP contribution in [0.4, 0.5) is 0 Å². The number of nitrogens with one attached hydrogen (secondary N) is 1. The van der Waals surface area contributed by atoms with Gasteiger partial charge in [0.2, 0.25) is 5.91 Å². The molecule has 1 N–H and O–H groups in total. The van der Waals surface area contributed by atoms with E-state index in [4.69, 9.17) is 0 Å². The lowest BCUT2D eigenvalue weighted by molar-refractivity contribution is -0.127. The topological polar surface area (TPSA) is 46.2 Å². The second kappa shape index (κ2) is 3.25. The average Bonchev–Trinajstić information content (AvgIpc) is 2.66. The van der Waals surface area contributed by atoms with Crippen LogP contribution in [0.3, 0.4) is 0 Å². The fraction of sp³-hybridized carbons (Fsp3) is 0.778. The molecule has 0 spiro atoms. The molecule has 1 aliphatic rings. The first-order valence-corrected chi connectivity index (χ1v) is 4.33. The van der Waals surface area contributed by atoms with Gasteiger partial charge in [-0.05, 0) is 26.2 Å². The van der Waals surface area contributed by atoms with Crippen LogP contribution in [0, 0.1) is 11.8 Å². The van der Waals surface area contributed by atoms with E-state index in [0.29, 0.717) is 5.92 Å². The molecule has 3 heteroatoms. The molecular formula is C9H15NO2. The summed E-state index contributed by atoms with van der Waals surface area (Å²) in [6, 6.07) is -0.328. The highest BCUT2D eigenvalue weighted by atomic mass is 16.2. The summed E-state index contributed by atoms with van der Waals surface area (Å²) in [6.07, 6.45) is 0.969. The molecule has 0 radical (unpaired) electrons. The molecule has 68 valence electrons. The van der Waals surface area contributed by atoms with Crippen molar-refractivity contribution < 1.29 is 9.59 Å². The van der Waals surface area contributed by atoms with Gasteiger partial charge in [0.25, 0.3) is 0 Å². The molecule has 1 rings (SSSR count). The lowest BCUT2D eigenvalue weighted by atomic mass is 10.2. The van der Waals surface area contributed by atoms with Gasteiger partial charge in [-0.3, -0.25) is 9.59 Å². The van der Waals surface area contributed by atoms with Crippen LogP contribution in [0.1, 0.15) is 27.2 Å². The fourth-order valence-electron chi connectivity index (χ4n) is 1.11. The van der Waals surface area contributed by atoms with Gasteiger partial charge in [0, 0.05) is 5.92 Å². The Morgan fingerprint density at radius 2 is 2.00 bits per heavy atom. The predicted molar refractivity (Wildman–Crippen MR) is 45.6 cm³/mol. The highest BCUT2D eigenvalue weighted by molar-refractivity contribution is 5.89. The number of hydrogen-bond donors (Lipinski definition) is 1. The number of carbonyl (C=O) groups is 2. The number of Topliss-reactive ketones (excluding diaryl/α,β-unsaturated/α-hetero) is 1. The quantitative estimate of drug-likeness (QED) is 0.677. The zero-order chi connectivity index (χ0) is 9.30. The summed E-state index contributed by atoms with van der Waals surface area (Å²) in [6.45, 7) is 5.25. The van der Waals surface area contributed by atoms with E-state index in [1.54, 1.807) is 6.92 Å². The number of ketones is 1. The maximum atomic E-state index is 11.3. The van der Waals surface area contributed by atoms with E-state index in [0.717, 1.165) is 6.42 Å². The van der Waals surface area contributed by atoms with Gasteiger partial charge in [-0.2, -0.15) is 0 Å². The van der Waals surface area contributed by atoms with E-state index in [1.807, 2.05) is 6.92 Å². The molecule has 0 saturated heterocycles. The smallest absolute Gasteiger partial charge is 0.223 e. The van der Waals surface area contributed by atoms with E-state index in [9.17, 15) is 9.59 Å². The van der Waals surface area contributed by atoms with Crippen LogP contribution in [-0.4, -0.2) is 17.7 Å². The van der Waals surface area contributed by atoms with Gasteiger partial charge in [-0.25, -0.2) is 0 Å². The SMILES string of the molecule is CC(=O)C(C)NC(=O)C1CC1C. The van der Waals surface area contributed by atoms with Crippen LogP contribution in [0.2, 0.25) is 0 Å². The van der Waals surface area contributed by atoms with Crippen molar-refractivity contribution >= 4 is 11.7 Å². The molecule has 0 heterocycles. The summed E-state index contributed by atoms with van der Waals surface area (Å²) in [5.41, 5.74) is 0. The lowest BCUT2D eigenvalue weighted by Gasteiger charge is -2.09. The number of rotatable bonds is 3. The summed E-state index contributed by atoms with van der Waals surface area (Å²) < 4.78 is 0. The number of carbonyl (C=O) groups excluding carboxylic acids is 2. The van der Waals surface area contributed by atoms with Crippen LogP contribution < -0.4 is 5.32 Å². The van der Waals surface area contributed by atoms with Gasteiger partial charge in [0.05, 0.1) is 6.04 Å². The number of amides is 1. The lowest BCUT2D eigenvalue weighted by Crippen LogP contribution is -2.38. The van der Waals surface area contributed by atoms with Crippen molar-refractivity contribution in [3.63, 3.8) is 0 Å². The summed E-state index contributed by atoms with van der Waals surface area (Å²) in [4.78, 5) is 22.1. The maximum Gasteiger partial charge on any atom is 0.223 e. The van der Waals surface area contributed by atoms with E-state index in [-0.39, 0.29) is 23.7 Å². The van der Waals surface area contributed by atoms with E-state index in [2.05, 4.69) is 5.32 Å². The summed E-state index contributed by atoms with van der Waals surface area (Å²) in [5, 5.41) is 2.68. The minimum absolute atomic E-state index is 0.0108. The Kier molecular flexibility index (Phi) is 2.50. The van der Waals surface area contributed by atoms with Gasteiger partial charge >= 0.3 is 0 Å². The Balaban J connectivity index is 2.31. The van der Waals surface area contributed by atoms with Crippen molar-refractivity contribution in [3.05, 3.63) is 0 Å².